The Morgan fingerprint density at radius 1 is 0.952 bits per heavy atom. The summed E-state index contributed by atoms with van der Waals surface area (Å²) < 4.78 is 58.9. The van der Waals surface area contributed by atoms with Gasteiger partial charge in [-0.2, -0.15) is 0 Å². The van der Waals surface area contributed by atoms with Crippen LogP contribution in [0, 0.1) is 5.82 Å². The molecule has 7 heteroatoms. The number of alkyl halides is 3. The van der Waals surface area contributed by atoms with E-state index in [1.54, 1.807) is 0 Å². The second kappa shape index (κ2) is 5.51. The highest BCUT2D eigenvalue weighted by molar-refractivity contribution is 5.78. The quantitative estimate of drug-likeness (QED) is 0.689. The van der Waals surface area contributed by atoms with E-state index in [2.05, 4.69) is 4.74 Å². The van der Waals surface area contributed by atoms with Gasteiger partial charge in [0.15, 0.2) is 0 Å². The van der Waals surface area contributed by atoms with Gasteiger partial charge in [-0.15, -0.1) is 13.2 Å². The first-order valence-electron chi connectivity index (χ1n) is 5.79. The van der Waals surface area contributed by atoms with Crippen molar-refractivity contribution in [3.63, 3.8) is 0 Å². The number of methoxy groups -OCH3 is 1. The van der Waals surface area contributed by atoms with Gasteiger partial charge in [0, 0.05) is 28.9 Å². The molecule has 0 fully saturated rings. The predicted octanol–water partition coefficient (Wildman–Crippen LogP) is 3.98. The Morgan fingerprint density at radius 2 is 1.57 bits per heavy atom. The molecule has 0 bridgehead atoms. The lowest BCUT2D eigenvalue weighted by molar-refractivity contribution is -0.274. The van der Waals surface area contributed by atoms with E-state index in [9.17, 15) is 17.6 Å². The molecule has 2 rings (SSSR count). The predicted molar refractivity (Wildman–Crippen MR) is 69.5 cm³/mol. The molecule has 2 N–H and O–H groups in total. The zero-order chi connectivity index (χ0) is 15.6. The van der Waals surface area contributed by atoms with Crippen LogP contribution in [0.2, 0.25) is 0 Å². The van der Waals surface area contributed by atoms with E-state index >= 15 is 0 Å². The van der Waals surface area contributed by atoms with E-state index in [-0.39, 0.29) is 16.8 Å². The van der Waals surface area contributed by atoms with Crippen molar-refractivity contribution in [2.75, 3.05) is 12.8 Å². The van der Waals surface area contributed by atoms with E-state index in [0.717, 1.165) is 18.2 Å². The van der Waals surface area contributed by atoms with Crippen molar-refractivity contribution in [1.82, 2.24) is 0 Å². The lowest BCUT2D eigenvalue weighted by Gasteiger charge is -2.12. The molecule has 3 nitrogen and oxygen atoms in total. The lowest BCUT2D eigenvalue weighted by atomic mass is 10.0. The van der Waals surface area contributed by atoms with Gasteiger partial charge in [-0.1, -0.05) is 0 Å². The molecule has 0 heterocycles. The van der Waals surface area contributed by atoms with E-state index in [1.807, 2.05) is 0 Å². The van der Waals surface area contributed by atoms with E-state index in [0.29, 0.717) is 5.75 Å². The van der Waals surface area contributed by atoms with Gasteiger partial charge in [-0.05, 0) is 24.3 Å². The molecule has 0 saturated carbocycles. The molecule has 112 valence electrons. The lowest BCUT2D eigenvalue weighted by Crippen LogP contribution is -2.17. The average molecular weight is 301 g/mol. The monoisotopic (exact) mass is 301 g/mol. The number of hydrogen-bond donors (Lipinski definition) is 1. The zero-order valence-corrected chi connectivity index (χ0v) is 10.9. The molecule has 0 atom stereocenters. The second-order valence-electron chi connectivity index (χ2n) is 4.14. The number of nitrogen functional groups attached to an aromatic ring is 1. The number of benzene rings is 2. The summed E-state index contributed by atoms with van der Waals surface area (Å²) >= 11 is 0. The smallest absolute Gasteiger partial charge is 0.497 e. The molecule has 0 amide bonds. The third kappa shape index (κ3) is 3.56. The summed E-state index contributed by atoms with van der Waals surface area (Å²) in [6.45, 7) is 0. The van der Waals surface area contributed by atoms with Gasteiger partial charge in [0.1, 0.15) is 17.3 Å². The molecule has 21 heavy (non-hydrogen) atoms. The molecule has 0 aromatic heterocycles. The fourth-order valence-corrected chi connectivity index (χ4v) is 1.82. The second-order valence-corrected chi connectivity index (χ2v) is 4.14. The minimum Gasteiger partial charge on any atom is -0.497 e. The highest BCUT2D eigenvalue weighted by atomic mass is 19.4. The van der Waals surface area contributed by atoms with E-state index in [1.165, 1.54) is 25.3 Å². The molecular weight excluding hydrogens is 290 g/mol. The van der Waals surface area contributed by atoms with Crippen LogP contribution in [-0.2, 0) is 0 Å². The van der Waals surface area contributed by atoms with Crippen molar-refractivity contribution in [1.29, 1.82) is 0 Å². The van der Waals surface area contributed by atoms with Crippen LogP contribution in [-0.4, -0.2) is 13.5 Å². The molecule has 0 saturated heterocycles. The maximum Gasteiger partial charge on any atom is 0.573 e. The van der Waals surface area contributed by atoms with Gasteiger partial charge in [0.05, 0.1) is 7.11 Å². The Kier molecular flexibility index (Phi) is 3.93. The largest absolute Gasteiger partial charge is 0.573 e. The topological polar surface area (TPSA) is 44.5 Å². The summed E-state index contributed by atoms with van der Waals surface area (Å²) in [5.74, 6) is -0.727. The maximum absolute atomic E-state index is 13.9. The van der Waals surface area contributed by atoms with E-state index in [4.69, 9.17) is 10.5 Å². The van der Waals surface area contributed by atoms with Crippen molar-refractivity contribution >= 4 is 5.69 Å². The zero-order valence-electron chi connectivity index (χ0n) is 10.9. The van der Waals surface area contributed by atoms with Crippen molar-refractivity contribution in [3.8, 4) is 22.6 Å². The first-order valence-corrected chi connectivity index (χ1v) is 5.79. The van der Waals surface area contributed by atoms with Crippen LogP contribution in [0.25, 0.3) is 11.1 Å². The summed E-state index contributed by atoms with van der Waals surface area (Å²) in [5, 5.41) is 0. The molecular formula is C14H11F4NO2. The maximum atomic E-state index is 13.9. The highest BCUT2D eigenvalue weighted by Gasteiger charge is 2.31. The molecule has 2 aromatic rings. The first kappa shape index (κ1) is 15.0. The molecule has 0 radical (unpaired) electrons. The number of hydrogen-bond acceptors (Lipinski definition) is 3. The number of ether oxygens (including phenoxy) is 2. The fraction of sp³-hybridized carbons (Fsp3) is 0.143. The van der Waals surface area contributed by atoms with Crippen molar-refractivity contribution in [2.24, 2.45) is 0 Å². The third-order valence-electron chi connectivity index (χ3n) is 2.72. The molecule has 0 aliphatic heterocycles. The van der Waals surface area contributed by atoms with Crippen LogP contribution in [0.1, 0.15) is 0 Å². The summed E-state index contributed by atoms with van der Waals surface area (Å²) in [7, 11) is 1.39. The van der Waals surface area contributed by atoms with Gasteiger partial charge in [0.25, 0.3) is 0 Å². The van der Waals surface area contributed by atoms with Crippen molar-refractivity contribution < 1.29 is 27.0 Å². The Balaban J connectivity index is 2.37. The van der Waals surface area contributed by atoms with Crippen LogP contribution in [0.5, 0.6) is 11.5 Å². The SMILES string of the molecule is COc1ccc(-c2ccc(OC(F)(F)F)cc2N)c(F)c1. The van der Waals surface area contributed by atoms with Gasteiger partial charge in [-0.25, -0.2) is 4.39 Å². The van der Waals surface area contributed by atoms with Crippen LogP contribution in [0.3, 0.4) is 0 Å². The number of nitrogens with two attached hydrogens (primary N) is 1. The standard InChI is InChI=1S/C14H11F4NO2/c1-20-8-2-4-10(12(15)6-8)11-5-3-9(7-13(11)19)21-14(16,17)18/h2-7H,19H2,1H3. The van der Waals surface area contributed by atoms with E-state index < -0.39 is 17.9 Å². The summed E-state index contributed by atoms with van der Waals surface area (Å²) in [4.78, 5) is 0. The Labute approximate surface area is 117 Å². The van der Waals surface area contributed by atoms with Gasteiger partial charge >= 0.3 is 6.36 Å². The highest BCUT2D eigenvalue weighted by Crippen LogP contribution is 2.34. The van der Waals surface area contributed by atoms with Crippen molar-refractivity contribution in [2.45, 2.75) is 6.36 Å². The Bertz CT molecular complexity index is 656. The summed E-state index contributed by atoms with van der Waals surface area (Å²) in [6, 6.07) is 7.45. The first-order chi connectivity index (χ1) is 9.80. The third-order valence-corrected chi connectivity index (χ3v) is 2.72. The minimum atomic E-state index is -4.81. The fourth-order valence-electron chi connectivity index (χ4n) is 1.82. The average Bonchev–Trinajstić information content (AvgIpc) is 2.37. The summed E-state index contributed by atoms with van der Waals surface area (Å²) in [5.41, 5.74) is 6.07. The van der Waals surface area contributed by atoms with Crippen LogP contribution in [0.15, 0.2) is 36.4 Å². The van der Waals surface area contributed by atoms with Crippen molar-refractivity contribution in [3.05, 3.63) is 42.2 Å². The van der Waals surface area contributed by atoms with Crippen LogP contribution < -0.4 is 15.2 Å². The van der Waals surface area contributed by atoms with Gasteiger partial charge in [0.2, 0.25) is 0 Å². The van der Waals surface area contributed by atoms with Gasteiger partial charge < -0.3 is 15.2 Å². The number of anilines is 1. The molecule has 0 aliphatic rings. The normalized spacial score (nSPS) is 11.3. The summed E-state index contributed by atoms with van der Waals surface area (Å²) in [6.07, 6.45) is -4.81. The number of halogens is 4. The molecule has 2 aromatic carbocycles. The Hall–Kier alpha value is -2.44. The van der Waals surface area contributed by atoms with Crippen LogP contribution in [0.4, 0.5) is 23.2 Å². The number of rotatable bonds is 3. The molecule has 0 spiro atoms. The minimum absolute atomic E-state index is 0.0270. The molecule has 0 unspecified atom stereocenters. The molecule has 0 aliphatic carbocycles. The van der Waals surface area contributed by atoms with Crippen LogP contribution >= 0.6 is 0 Å². The Morgan fingerprint density at radius 3 is 2.10 bits per heavy atom. The van der Waals surface area contributed by atoms with Gasteiger partial charge in [-0.3, -0.25) is 0 Å².